The largest absolute Gasteiger partial charge is 0.336 e. The van der Waals surface area contributed by atoms with E-state index < -0.39 is 0 Å². The number of allylic oxidation sites excluding steroid dienone is 3. The zero-order valence-corrected chi connectivity index (χ0v) is 9.73. The smallest absolute Gasteiger partial charge is 0.246 e. The lowest BCUT2D eigenvalue weighted by atomic mass is 10.1. The Hall–Kier alpha value is -1.09. The summed E-state index contributed by atoms with van der Waals surface area (Å²) in [6, 6.07) is 0.764. The second-order valence-electron chi connectivity index (χ2n) is 4.10. The quantitative estimate of drug-likeness (QED) is 0.548. The van der Waals surface area contributed by atoms with Crippen LogP contribution in [0.4, 0.5) is 0 Å². The Bertz CT molecular complexity index is 261. The fraction of sp³-hybridized carbons (Fsp3) is 0.583. The van der Waals surface area contributed by atoms with Crippen LogP contribution in [0.5, 0.6) is 0 Å². The molecule has 1 amide bonds. The maximum Gasteiger partial charge on any atom is 0.246 e. The van der Waals surface area contributed by atoms with Gasteiger partial charge in [-0.05, 0) is 20.8 Å². The molecule has 2 atom stereocenters. The van der Waals surface area contributed by atoms with Crippen molar-refractivity contribution in [3.8, 4) is 0 Å². The number of piperazine rings is 1. The van der Waals surface area contributed by atoms with Crippen molar-refractivity contribution in [3.63, 3.8) is 0 Å². The van der Waals surface area contributed by atoms with Crippen molar-refractivity contribution in [1.82, 2.24) is 10.2 Å². The molecule has 0 aliphatic carbocycles. The zero-order chi connectivity index (χ0) is 11.3. The summed E-state index contributed by atoms with van der Waals surface area (Å²) in [4.78, 5) is 13.6. The van der Waals surface area contributed by atoms with Crippen LogP contribution in [-0.4, -0.2) is 36.0 Å². The zero-order valence-electron chi connectivity index (χ0n) is 9.73. The molecule has 1 fully saturated rings. The van der Waals surface area contributed by atoms with Crippen molar-refractivity contribution in [1.29, 1.82) is 0 Å². The predicted molar refractivity (Wildman–Crippen MR) is 62.6 cm³/mol. The monoisotopic (exact) mass is 208 g/mol. The lowest BCUT2D eigenvalue weighted by molar-refractivity contribution is -0.127. The highest BCUT2D eigenvalue weighted by atomic mass is 16.2. The third-order valence-corrected chi connectivity index (χ3v) is 2.41. The fourth-order valence-electron chi connectivity index (χ4n) is 1.86. The molecule has 1 heterocycles. The summed E-state index contributed by atoms with van der Waals surface area (Å²) in [6.45, 7) is 7.73. The molecule has 1 rings (SSSR count). The predicted octanol–water partition coefficient (Wildman–Crippen LogP) is 1.33. The first-order valence-corrected chi connectivity index (χ1v) is 5.47. The van der Waals surface area contributed by atoms with Crippen molar-refractivity contribution in [2.24, 2.45) is 0 Å². The Kier molecular flexibility index (Phi) is 4.56. The van der Waals surface area contributed by atoms with Gasteiger partial charge in [-0.25, -0.2) is 0 Å². The Balaban J connectivity index is 2.51. The van der Waals surface area contributed by atoms with Gasteiger partial charge in [0.15, 0.2) is 0 Å². The molecule has 0 aromatic rings. The number of nitrogens with zero attached hydrogens (tertiary/aromatic N) is 1. The first-order valence-electron chi connectivity index (χ1n) is 5.47. The van der Waals surface area contributed by atoms with Gasteiger partial charge in [0.05, 0.1) is 0 Å². The molecule has 1 N–H and O–H groups in total. The third-order valence-electron chi connectivity index (χ3n) is 2.41. The molecular weight excluding hydrogens is 188 g/mol. The fourth-order valence-corrected chi connectivity index (χ4v) is 1.86. The summed E-state index contributed by atoms with van der Waals surface area (Å²) in [5, 5.41) is 3.40. The summed E-state index contributed by atoms with van der Waals surface area (Å²) in [5.74, 6) is 0.105. The van der Waals surface area contributed by atoms with Crippen molar-refractivity contribution >= 4 is 5.91 Å². The first kappa shape index (κ1) is 12.0. The molecular formula is C12H20N2O. The summed E-state index contributed by atoms with van der Waals surface area (Å²) >= 11 is 0. The van der Waals surface area contributed by atoms with Crippen LogP contribution in [0.25, 0.3) is 0 Å². The van der Waals surface area contributed by atoms with Crippen molar-refractivity contribution in [2.75, 3.05) is 13.1 Å². The number of carbonyl (C=O) groups excluding carboxylic acids is 1. The molecule has 15 heavy (non-hydrogen) atoms. The van der Waals surface area contributed by atoms with E-state index >= 15 is 0 Å². The Morgan fingerprint density at radius 1 is 1.27 bits per heavy atom. The summed E-state index contributed by atoms with van der Waals surface area (Å²) < 4.78 is 0. The molecule has 0 aromatic heterocycles. The van der Waals surface area contributed by atoms with E-state index in [1.807, 2.05) is 24.0 Å². The number of amides is 1. The minimum Gasteiger partial charge on any atom is -0.336 e. The average molecular weight is 208 g/mol. The van der Waals surface area contributed by atoms with Crippen LogP contribution < -0.4 is 5.32 Å². The van der Waals surface area contributed by atoms with Gasteiger partial charge in [0.25, 0.3) is 0 Å². The first-order chi connectivity index (χ1) is 7.13. The topological polar surface area (TPSA) is 32.3 Å². The number of carbonyl (C=O) groups is 1. The SMILES string of the molecule is CC=CC=CC(=O)N1CC(C)NC(C)C1. The molecule has 0 bridgehead atoms. The van der Waals surface area contributed by atoms with Crippen molar-refractivity contribution in [3.05, 3.63) is 24.3 Å². The summed E-state index contributed by atoms with van der Waals surface area (Å²) in [7, 11) is 0. The maximum absolute atomic E-state index is 11.7. The van der Waals surface area contributed by atoms with Crippen LogP contribution >= 0.6 is 0 Å². The van der Waals surface area contributed by atoms with E-state index in [-0.39, 0.29) is 5.91 Å². The van der Waals surface area contributed by atoms with Gasteiger partial charge < -0.3 is 10.2 Å². The molecule has 2 unspecified atom stereocenters. The highest BCUT2D eigenvalue weighted by Crippen LogP contribution is 2.04. The van der Waals surface area contributed by atoms with E-state index in [4.69, 9.17) is 0 Å². The molecule has 3 heteroatoms. The van der Waals surface area contributed by atoms with Gasteiger partial charge in [-0.3, -0.25) is 4.79 Å². The van der Waals surface area contributed by atoms with Gasteiger partial charge in [-0.1, -0.05) is 18.2 Å². The maximum atomic E-state index is 11.7. The van der Waals surface area contributed by atoms with Crippen molar-refractivity contribution in [2.45, 2.75) is 32.9 Å². The molecule has 0 spiro atoms. The molecule has 3 nitrogen and oxygen atoms in total. The van der Waals surface area contributed by atoms with Crippen LogP contribution in [0.15, 0.2) is 24.3 Å². The number of rotatable bonds is 2. The molecule has 84 valence electrons. The normalized spacial score (nSPS) is 27.8. The highest BCUT2D eigenvalue weighted by molar-refractivity contribution is 5.88. The highest BCUT2D eigenvalue weighted by Gasteiger charge is 2.22. The second kappa shape index (κ2) is 5.71. The van der Waals surface area contributed by atoms with Gasteiger partial charge in [-0.2, -0.15) is 0 Å². The van der Waals surface area contributed by atoms with Crippen LogP contribution in [0.1, 0.15) is 20.8 Å². The van der Waals surface area contributed by atoms with E-state index in [0.29, 0.717) is 12.1 Å². The lowest BCUT2D eigenvalue weighted by Crippen LogP contribution is -2.55. The number of hydrogen-bond donors (Lipinski definition) is 1. The van der Waals surface area contributed by atoms with Gasteiger partial charge >= 0.3 is 0 Å². The molecule has 0 aromatic carbocycles. The molecule has 1 saturated heterocycles. The summed E-state index contributed by atoms with van der Waals surface area (Å²) in [6.07, 6.45) is 7.20. The van der Waals surface area contributed by atoms with Crippen LogP contribution in [0, 0.1) is 0 Å². The number of nitrogens with one attached hydrogen (secondary N) is 1. The Morgan fingerprint density at radius 2 is 1.87 bits per heavy atom. The van der Waals surface area contributed by atoms with E-state index in [1.54, 1.807) is 12.2 Å². The van der Waals surface area contributed by atoms with Crippen molar-refractivity contribution < 1.29 is 4.79 Å². The van der Waals surface area contributed by atoms with Crippen LogP contribution in [-0.2, 0) is 4.79 Å². The van der Waals surface area contributed by atoms with E-state index in [0.717, 1.165) is 13.1 Å². The molecule has 1 aliphatic rings. The summed E-state index contributed by atoms with van der Waals surface area (Å²) in [5.41, 5.74) is 0. The van der Waals surface area contributed by atoms with E-state index in [1.165, 1.54) is 0 Å². The van der Waals surface area contributed by atoms with Crippen LogP contribution in [0.3, 0.4) is 0 Å². The van der Waals surface area contributed by atoms with E-state index in [2.05, 4.69) is 19.2 Å². The Labute approximate surface area is 91.8 Å². The third kappa shape index (κ3) is 3.88. The molecule has 0 radical (unpaired) electrons. The van der Waals surface area contributed by atoms with E-state index in [9.17, 15) is 4.79 Å². The number of hydrogen-bond acceptors (Lipinski definition) is 2. The van der Waals surface area contributed by atoms with Gasteiger partial charge in [-0.15, -0.1) is 0 Å². The van der Waals surface area contributed by atoms with Gasteiger partial charge in [0.1, 0.15) is 0 Å². The molecule has 1 aliphatic heterocycles. The standard InChI is InChI=1S/C12H20N2O/c1-4-5-6-7-12(15)14-8-10(2)13-11(3)9-14/h4-7,10-11,13H,8-9H2,1-3H3. The minimum absolute atomic E-state index is 0.105. The average Bonchev–Trinajstić information content (AvgIpc) is 2.16. The minimum atomic E-state index is 0.105. The lowest BCUT2D eigenvalue weighted by Gasteiger charge is -2.35. The second-order valence-corrected chi connectivity index (χ2v) is 4.10. The Morgan fingerprint density at radius 3 is 2.40 bits per heavy atom. The van der Waals surface area contributed by atoms with Gasteiger partial charge in [0.2, 0.25) is 5.91 Å². The van der Waals surface area contributed by atoms with Crippen LogP contribution in [0.2, 0.25) is 0 Å². The molecule has 0 saturated carbocycles. The van der Waals surface area contributed by atoms with Gasteiger partial charge in [0, 0.05) is 31.2 Å².